The smallest absolute Gasteiger partial charge is 0.222 e. The third kappa shape index (κ3) is 4.18. The fourth-order valence-corrected chi connectivity index (χ4v) is 1.88. The summed E-state index contributed by atoms with van der Waals surface area (Å²) in [5.74, 6) is 0.761. The Bertz CT molecular complexity index is 198. The van der Waals surface area contributed by atoms with Gasteiger partial charge in [0.05, 0.1) is 0 Å². The molecule has 0 saturated carbocycles. The van der Waals surface area contributed by atoms with Gasteiger partial charge < -0.3 is 10.6 Å². The van der Waals surface area contributed by atoms with Crippen molar-refractivity contribution in [2.45, 2.75) is 20.3 Å². The van der Waals surface area contributed by atoms with Crippen LogP contribution < -0.4 is 5.73 Å². The summed E-state index contributed by atoms with van der Waals surface area (Å²) in [6.45, 7) is 9.51. The maximum absolute atomic E-state index is 11.8. The van der Waals surface area contributed by atoms with Crippen molar-refractivity contribution in [1.82, 2.24) is 9.80 Å². The van der Waals surface area contributed by atoms with Crippen LogP contribution in [0, 0.1) is 5.92 Å². The van der Waals surface area contributed by atoms with Gasteiger partial charge in [0.1, 0.15) is 0 Å². The number of carbonyl (C=O) groups excluding carboxylic acids is 1. The van der Waals surface area contributed by atoms with E-state index in [2.05, 4.69) is 18.7 Å². The zero-order chi connectivity index (χ0) is 11.3. The number of amides is 1. The van der Waals surface area contributed by atoms with Crippen LogP contribution in [0.5, 0.6) is 0 Å². The SMILES string of the molecule is CC(C)CC(=O)N1CCN(CCN)CC1. The lowest BCUT2D eigenvalue weighted by atomic mass is 10.1. The number of carbonyl (C=O) groups is 1. The van der Waals surface area contributed by atoms with Crippen LogP contribution in [0.15, 0.2) is 0 Å². The molecular formula is C11H23N3O. The van der Waals surface area contributed by atoms with E-state index in [1.54, 1.807) is 0 Å². The molecule has 1 rings (SSSR count). The zero-order valence-electron chi connectivity index (χ0n) is 9.91. The van der Waals surface area contributed by atoms with E-state index in [1.165, 1.54) is 0 Å². The molecule has 0 aliphatic carbocycles. The van der Waals surface area contributed by atoms with E-state index < -0.39 is 0 Å². The molecule has 0 radical (unpaired) electrons. The fourth-order valence-electron chi connectivity index (χ4n) is 1.88. The molecule has 0 bridgehead atoms. The van der Waals surface area contributed by atoms with Crippen LogP contribution in [0.3, 0.4) is 0 Å². The maximum Gasteiger partial charge on any atom is 0.222 e. The molecule has 1 aliphatic heterocycles. The second-order valence-electron chi connectivity index (χ2n) is 4.61. The van der Waals surface area contributed by atoms with Gasteiger partial charge in [0, 0.05) is 45.7 Å². The second-order valence-corrected chi connectivity index (χ2v) is 4.61. The molecule has 1 aliphatic rings. The van der Waals surface area contributed by atoms with Gasteiger partial charge in [0.15, 0.2) is 0 Å². The van der Waals surface area contributed by atoms with Crippen molar-refractivity contribution in [3.63, 3.8) is 0 Å². The summed E-state index contributed by atoms with van der Waals surface area (Å²) in [7, 11) is 0. The van der Waals surface area contributed by atoms with Gasteiger partial charge in [-0.1, -0.05) is 13.8 Å². The van der Waals surface area contributed by atoms with Crippen LogP contribution in [0.4, 0.5) is 0 Å². The first-order valence-electron chi connectivity index (χ1n) is 5.83. The van der Waals surface area contributed by atoms with Gasteiger partial charge in [0.2, 0.25) is 5.91 Å². The summed E-state index contributed by atoms with van der Waals surface area (Å²) in [6.07, 6.45) is 0.677. The summed E-state index contributed by atoms with van der Waals surface area (Å²) in [6, 6.07) is 0. The van der Waals surface area contributed by atoms with Crippen LogP contribution in [-0.2, 0) is 4.79 Å². The van der Waals surface area contributed by atoms with Gasteiger partial charge >= 0.3 is 0 Å². The highest BCUT2D eigenvalue weighted by molar-refractivity contribution is 5.76. The highest BCUT2D eigenvalue weighted by atomic mass is 16.2. The molecule has 1 amide bonds. The van der Waals surface area contributed by atoms with E-state index in [9.17, 15) is 4.79 Å². The van der Waals surface area contributed by atoms with Crippen LogP contribution >= 0.6 is 0 Å². The summed E-state index contributed by atoms with van der Waals surface area (Å²) in [4.78, 5) is 16.1. The maximum atomic E-state index is 11.8. The number of hydrogen-bond acceptors (Lipinski definition) is 3. The molecule has 15 heavy (non-hydrogen) atoms. The zero-order valence-corrected chi connectivity index (χ0v) is 9.91. The van der Waals surface area contributed by atoms with Gasteiger partial charge in [-0.25, -0.2) is 0 Å². The first-order valence-corrected chi connectivity index (χ1v) is 5.83. The number of nitrogens with two attached hydrogens (primary N) is 1. The Hall–Kier alpha value is -0.610. The van der Waals surface area contributed by atoms with Crippen molar-refractivity contribution >= 4 is 5.91 Å². The summed E-state index contributed by atoms with van der Waals surface area (Å²) >= 11 is 0. The standard InChI is InChI=1S/C11H23N3O/c1-10(2)9-11(15)14-7-5-13(4-3-12)6-8-14/h10H,3-9,12H2,1-2H3. The largest absolute Gasteiger partial charge is 0.340 e. The molecule has 0 spiro atoms. The van der Waals surface area contributed by atoms with Crippen molar-refractivity contribution in [3.05, 3.63) is 0 Å². The second kappa shape index (κ2) is 6.08. The van der Waals surface area contributed by atoms with E-state index in [4.69, 9.17) is 5.73 Å². The van der Waals surface area contributed by atoms with E-state index in [0.717, 1.165) is 32.7 Å². The quantitative estimate of drug-likeness (QED) is 0.722. The Labute approximate surface area is 92.4 Å². The number of nitrogens with zero attached hydrogens (tertiary/aromatic N) is 2. The molecule has 0 unspecified atom stereocenters. The van der Waals surface area contributed by atoms with Crippen molar-refractivity contribution < 1.29 is 4.79 Å². The minimum absolute atomic E-state index is 0.303. The molecule has 1 saturated heterocycles. The molecule has 2 N–H and O–H groups in total. The van der Waals surface area contributed by atoms with E-state index in [0.29, 0.717) is 24.8 Å². The Balaban J connectivity index is 2.27. The average molecular weight is 213 g/mol. The van der Waals surface area contributed by atoms with Crippen LogP contribution in [0.25, 0.3) is 0 Å². The molecular weight excluding hydrogens is 190 g/mol. The predicted molar refractivity (Wildman–Crippen MR) is 61.5 cm³/mol. The van der Waals surface area contributed by atoms with E-state index in [-0.39, 0.29) is 0 Å². The number of piperazine rings is 1. The number of rotatable bonds is 4. The van der Waals surface area contributed by atoms with Crippen molar-refractivity contribution in [2.24, 2.45) is 11.7 Å². The molecule has 1 heterocycles. The van der Waals surface area contributed by atoms with Gasteiger partial charge in [-0.3, -0.25) is 9.69 Å². The monoisotopic (exact) mass is 213 g/mol. The lowest BCUT2D eigenvalue weighted by Gasteiger charge is -2.34. The molecule has 0 aromatic heterocycles. The van der Waals surface area contributed by atoms with Crippen LogP contribution in [0.2, 0.25) is 0 Å². The van der Waals surface area contributed by atoms with E-state index >= 15 is 0 Å². The highest BCUT2D eigenvalue weighted by Crippen LogP contribution is 2.07. The normalized spacial score (nSPS) is 18.5. The summed E-state index contributed by atoms with van der Waals surface area (Å²) in [5.41, 5.74) is 5.50. The average Bonchev–Trinajstić information content (AvgIpc) is 2.18. The minimum Gasteiger partial charge on any atom is -0.340 e. The number of hydrogen-bond donors (Lipinski definition) is 1. The third-order valence-corrected chi connectivity index (χ3v) is 2.75. The Morgan fingerprint density at radius 3 is 2.33 bits per heavy atom. The molecule has 1 fully saturated rings. The Morgan fingerprint density at radius 1 is 1.27 bits per heavy atom. The topological polar surface area (TPSA) is 49.6 Å². The first kappa shape index (κ1) is 12.5. The van der Waals surface area contributed by atoms with Crippen molar-refractivity contribution in [3.8, 4) is 0 Å². The van der Waals surface area contributed by atoms with Crippen LogP contribution in [0.1, 0.15) is 20.3 Å². The van der Waals surface area contributed by atoms with Crippen LogP contribution in [-0.4, -0.2) is 55.0 Å². The minimum atomic E-state index is 0.303. The fraction of sp³-hybridized carbons (Fsp3) is 0.909. The summed E-state index contributed by atoms with van der Waals surface area (Å²) < 4.78 is 0. The van der Waals surface area contributed by atoms with Crippen molar-refractivity contribution in [1.29, 1.82) is 0 Å². The summed E-state index contributed by atoms with van der Waals surface area (Å²) in [5, 5.41) is 0. The molecule has 88 valence electrons. The molecule has 0 aromatic rings. The molecule has 0 atom stereocenters. The molecule has 4 nitrogen and oxygen atoms in total. The van der Waals surface area contributed by atoms with Gasteiger partial charge in [-0.2, -0.15) is 0 Å². The van der Waals surface area contributed by atoms with E-state index in [1.807, 2.05) is 4.90 Å². The van der Waals surface area contributed by atoms with Gasteiger partial charge in [-0.05, 0) is 5.92 Å². The molecule has 0 aromatic carbocycles. The van der Waals surface area contributed by atoms with Gasteiger partial charge in [-0.15, -0.1) is 0 Å². The Morgan fingerprint density at radius 2 is 1.87 bits per heavy atom. The van der Waals surface area contributed by atoms with Crippen molar-refractivity contribution in [2.75, 3.05) is 39.3 Å². The predicted octanol–water partition coefficient (Wildman–Crippen LogP) is 0.135. The lowest BCUT2D eigenvalue weighted by Crippen LogP contribution is -2.49. The van der Waals surface area contributed by atoms with Gasteiger partial charge in [0.25, 0.3) is 0 Å². The first-order chi connectivity index (χ1) is 7.13. The Kier molecular flexibility index (Phi) is 5.05. The highest BCUT2D eigenvalue weighted by Gasteiger charge is 2.20. The lowest BCUT2D eigenvalue weighted by molar-refractivity contribution is -0.133. The third-order valence-electron chi connectivity index (χ3n) is 2.75. The molecule has 4 heteroatoms.